The van der Waals surface area contributed by atoms with Crippen molar-refractivity contribution in [3.05, 3.63) is 23.3 Å². The van der Waals surface area contributed by atoms with Crippen LogP contribution in [0.1, 0.15) is 12.8 Å². The average molecular weight is 274 g/mol. The molecule has 0 aromatic heterocycles. The van der Waals surface area contributed by atoms with E-state index in [0.29, 0.717) is 11.1 Å². The van der Waals surface area contributed by atoms with Crippen molar-refractivity contribution in [2.45, 2.75) is 31.1 Å². The first kappa shape index (κ1) is 11.5. The fourth-order valence-corrected chi connectivity index (χ4v) is 2.92. The third-order valence-corrected chi connectivity index (χ3v) is 3.97. The first-order valence-corrected chi connectivity index (χ1v) is 6.37. The number of hydrogen-bond acceptors (Lipinski definition) is 5. The van der Waals surface area contributed by atoms with Gasteiger partial charge in [-0.15, -0.1) is 0 Å². The van der Waals surface area contributed by atoms with E-state index in [2.05, 4.69) is 5.32 Å². The fourth-order valence-electron chi connectivity index (χ4n) is 2.92. The summed E-state index contributed by atoms with van der Waals surface area (Å²) in [6, 6.07) is -0.913. The van der Waals surface area contributed by atoms with Gasteiger partial charge in [-0.25, -0.2) is 0 Å². The Hall–Kier alpha value is -2.28. The van der Waals surface area contributed by atoms with Crippen molar-refractivity contribution in [3.63, 3.8) is 0 Å². The van der Waals surface area contributed by atoms with E-state index in [1.807, 2.05) is 0 Å². The summed E-state index contributed by atoms with van der Waals surface area (Å²) in [5.41, 5.74) is 0.644. The number of imide groups is 2. The third-order valence-electron chi connectivity index (χ3n) is 3.97. The zero-order chi connectivity index (χ0) is 14.0. The maximum Gasteiger partial charge on any atom is 0.262 e. The molecule has 20 heavy (non-hydrogen) atoms. The van der Waals surface area contributed by atoms with Gasteiger partial charge in [0.2, 0.25) is 11.8 Å². The number of hydrogen-bond donors (Lipinski definition) is 1. The molecule has 3 unspecified atom stereocenters. The summed E-state index contributed by atoms with van der Waals surface area (Å²) >= 11 is 0. The van der Waals surface area contributed by atoms with Gasteiger partial charge >= 0.3 is 0 Å². The highest BCUT2D eigenvalue weighted by atomic mass is 16.6. The van der Waals surface area contributed by atoms with Crippen LogP contribution in [-0.4, -0.2) is 46.8 Å². The van der Waals surface area contributed by atoms with Crippen LogP contribution in [-0.2, 0) is 23.9 Å². The molecular formula is C13H10N2O5. The monoisotopic (exact) mass is 274 g/mol. The van der Waals surface area contributed by atoms with Crippen molar-refractivity contribution in [2.75, 3.05) is 0 Å². The zero-order valence-electron chi connectivity index (χ0n) is 10.3. The van der Waals surface area contributed by atoms with Crippen molar-refractivity contribution in [1.82, 2.24) is 10.2 Å². The highest BCUT2D eigenvalue weighted by Crippen LogP contribution is 2.41. The summed E-state index contributed by atoms with van der Waals surface area (Å²) in [6.07, 6.45) is 3.12. The summed E-state index contributed by atoms with van der Waals surface area (Å²) in [5.74, 6) is -1.94. The number of carbonyl (C=O) groups excluding carboxylic acids is 4. The van der Waals surface area contributed by atoms with E-state index in [1.165, 1.54) is 0 Å². The van der Waals surface area contributed by atoms with Crippen molar-refractivity contribution in [2.24, 2.45) is 0 Å². The zero-order valence-corrected chi connectivity index (χ0v) is 10.3. The molecule has 0 radical (unpaired) electrons. The van der Waals surface area contributed by atoms with Crippen LogP contribution in [0.4, 0.5) is 0 Å². The first-order valence-electron chi connectivity index (χ1n) is 6.37. The number of epoxide rings is 1. The van der Waals surface area contributed by atoms with Gasteiger partial charge in [0.05, 0.1) is 11.1 Å². The lowest BCUT2D eigenvalue weighted by Gasteiger charge is -2.28. The highest BCUT2D eigenvalue weighted by Gasteiger charge is 2.55. The Morgan fingerprint density at radius 2 is 2.00 bits per heavy atom. The summed E-state index contributed by atoms with van der Waals surface area (Å²) in [5, 5.41) is 2.16. The molecule has 1 aliphatic carbocycles. The van der Waals surface area contributed by atoms with Gasteiger partial charge in [-0.1, -0.05) is 12.2 Å². The van der Waals surface area contributed by atoms with Gasteiger partial charge in [0.1, 0.15) is 18.2 Å². The second kappa shape index (κ2) is 3.63. The maximum atomic E-state index is 12.4. The summed E-state index contributed by atoms with van der Waals surface area (Å²) in [6.45, 7) is 0. The van der Waals surface area contributed by atoms with Crippen LogP contribution < -0.4 is 5.32 Å². The van der Waals surface area contributed by atoms with E-state index in [4.69, 9.17) is 4.74 Å². The van der Waals surface area contributed by atoms with Crippen LogP contribution in [0.3, 0.4) is 0 Å². The van der Waals surface area contributed by atoms with Crippen LogP contribution in [0, 0.1) is 0 Å². The molecular weight excluding hydrogens is 264 g/mol. The first-order chi connectivity index (χ1) is 9.58. The van der Waals surface area contributed by atoms with Crippen LogP contribution >= 0.6 is 0 Å². The number of nitrogens with zero attached hydrogens (tertiary/aromatic N) is 1. The van der Waals surface area contributed by atoms with Crippen molar-refractivity contribution >= 4 is 23.6 Å². The molecule has 3 atom stereocenters. The third kappa shape index (κ3) is 1.38. The Morgan fingerprint density at radius 3 is 2.75 bits per heavy atom. The molecule has 0 aromatic rings. The Kier molecular flexibility index (Phi) is 2.10. The molecule has 0 saturated carbocycles. The van der Waals surface area contributed by atoms with Crippen molar-refractivity contribution in [3.8, 4) is 0 Å². The Balaban J connectivity index is 1.67. The summed E-state index contributed by atoms with van der Waals surface area (Å²) in [7, 11) is 0. The average Bonchev–Trinajstić information content (AvgIpc) is 3.14. The minimum absolute atomic E-state index is 0.122. The van der Waals surface area contributed by atoms with E-state index in [1.54, 1.807) is 12.2 Å². The SMILES string of the molecule is O=C1CCC(N2C(=O)C3=C(C2=O)C2OC2C=C3)C(=O)N1. The van der Waals surface area contributed by atoms with Gasteiger partial charge < -0.3 is 4.74 Å². The number of amides is 4. The highest BCUT2D eigenvalue weighted by molar-refractivity contribution is 6.23. The normalized spacial score (nSPS) is 35.2. The van der Waals surface area contributed by atoms with E-state index in [-0.39, 0.29) is 31.0 Å². The Labute approximate surface area is 113 Å². The molecule has 4 aliphatic rings. The Bertz CT molecular complexity index is 647. The van der Waals surface area contributed by atoms with Crippen LogP contribution in [0.15, 0.2) is 23.3 Å². The lowest BCUT2D eigenvalue weighted by atomic mass is 10.00. The lowest BCUT2D eigenvalue weighted by Crippen LogP contribution is -2.54. The minimum atomic E-state index is -0.913. The minimum Gasteiger partial charge on any atom is -0.360 e. The van der Waals surface area contributed by atoms with E-state index >= 15 is 0 Å². The molecule has 1 N–H and O–H groups in total. The number of fused-ring (bicyclic) bond motifs is 2. The van der Waals surface area contributed by atoms with Gasteiger partial charge in [-0.2, -0.15) is 0 Å². The van der Waals surface area contributed by atoms with Gasteiger partial charge in [0.15, 0.2) is 0 Å². The molecule has 0 aromatic carbocycles. The molecule has 3 aliphatic heterocycles. The Morgan fingerprint density at radius 1 is 1.20 bits per heavy atom. The number of carbonyl (C=O) groups is 4. The molecule has 3 heterocycles. The van der Waals surface area contributed by atoms with Gasteiger partial charge in [0.25, 0.3) is 11.8 Å². The van der Waals surface area contributed by atoms with Crippen molar-refractivity contribution < 1.29 is 23.9 Å². The molecule has 0 spiro atoms. The quantitative estimate of drug-likeness (QED) is 0.478. The standard InChI is InChI=1S/C13H10N2O5/c16-8-4-2-6(11(17)14-8)15-12(18)5-1-3-7-10(20-7)9(5)13(15)19/h1,3,6-7,10H,2,4H2,(H,14,16,17). The number of ether oxygens (including phenoxy) is 1. The topological polar surface area (TPSA) is 96.1 Å². The molecule has 4 amide bonds. The molecule has 2 fully saturated rings. The second-order valence-electron chi connectivity index (χ2n) is 5.15. The van der Waals surface area contributed by atoms with Crippen LogP contribution in [0.2, 0.25) is 0 Å². The van der Waals surface area contributed by atoms with Gasteiger partial charge in [-0.3, -0.25) is 29.4 Å². The number of piperidine rings is 1. The van der Waals surface area contributed by atoms with E-state index < -0.39 is 23.8 Å². The fraction of sp³-hybridized carbons (Fsp3) is 0.385. The largest absolute Gasteiger partial charge is 0.360 e. The predicted octanol–water partition coefficient (Wildman–Crippen LogP) is -1.21. The van der Waals surface area contributed by atoms with Gasteiger partial charge in [-0.05, 0) is 6.42 Å². The van der Waals surface area contributed by atoms with E-state index in [9.17, 15) is 19.2 Å². The molecule has 0 bridgehead atoms. The van der Waals surface area contributed by atoms with Gasteiger partial charge in [0, 0.05) is 6.42 Å². The predicted molar refractivity (Wildman–Crippen MR) is 62.9 cm³/mol. The maximum absolute atomic E-state index is 12.4. The van der Waals surface area contributed by atoms with Crippen LogP contribution in [0.5, 0.6) is 0 Å². The molecule has 7 nitrogen and oxygen atoms in total. The molecule has 2 saturated heterocycles. The second-order valence-corrected chi connectivity index (χ2v) is 5.15. The lowest BCUT2D eigenvalue weighted by molar-refractivity contribution is -0.150. The molecule has 102 valence electrons. The number of rotatable bonds is 1. The number of nitrogens with one attached hydrogen (secondary N) is 1. The smallest absolute Gasteiger partial charge is 0.262 e. The summed E-state index contributed by atoms with van der Waals surface area (Å²) in [4.78, 5) is 48.6. The molecule has 4 rings (SSSR count). The van der Waals surface area contributed by atoms with E-state index in [0.717, 1.165) is 4.90 Å². The molecule has 7 heteroatoms. The van der Waals surface area contributed by atoms with Crippen molar-refractivity contribution in [1.29, 1.82) is 0 Å². The van der Waals surface area contributed by atoms with Crippen LogP contribution in [0.25, 0.3) is 0 Å². The summed E-state index contributed by atoms with van der Waals surface area (Å²) < 4.78 is 5.29.